The van der Waals surface area contributed by atoms with Gasteiger partial charge >= 0.3 is 0 Å². The average molecular weight is 367 g/mol. The molecule has 0 radical (unpaired) electrons. The van der Waals surface area contributed by atoms with E-state index in [-0.39, 0.29) is 24.5 Å². The number of imide groups is 1. The molecule has 0 spiro atoms. The molecule has 1 aliphatic rings. The van der Waals surface area contributed by atoms with Gasteiger partial charge < -0.3 is 4.90 Å². The third kappa shape index (κ3) is 2.92. The first-order chi connectivity index (χ1) is 10.2. The lowest BCUT2D eigenvalue weighted by Gasteiger charge is -2.32. The predicted molar refractivity (Wildman–Crippen MR) is 86.6 cm³/mol. The molecule has 0 N–H and O–H groups in total. The fourth-order valence-corrected chi connectivity index (χ4v) is 3.16. The van der Waals surface area contributed by atoms with E-state index in [0.717, 1.165) is 9.37 Å². The zero-order valence-corrected chi connectivity index (χ0v) is 14.7. The lowest BCUT2D eigenvalue weighted by atomic mass is 10.1. The van der Waals surface area contributed by atoms with Crippen LogP contribution in [0.1, 0.15) is 48.4 Å². The Balaban J connectivity index is 2.24. The number of amides is 3. The first-order valence-electron chi connectivity index (χ1n) is 7.21. The van der Waals surface area contributed by atoms with Gasteiger partial charge in [0.2, 0.25) is 5.91 Å². The summed E-state index contributed by atoms with van der Waals surface area (Å²) in [6.07, 6.45) is 0. The number of hydrogen-bond donors (Lipinski definition) is 0. The quantitative estimate of drug-likeness (QED) is 0.769. The van der Waals surface area contributed by atoms with E-state index in [1.165, 1.54) is 0 Å². The Kier molecular flexibility index (Phi) is 4.70. The molecule has 1 heterocycles. The van der Waals surface area contributed by atoms with E-state index in [0.29, 0.717) is 11.1 Å². The van der Waals surface area contributed by atoms with E-state index in [1.807, 2.05) is 27.7 Å². The summed E-state index contributed by atoms with van der Waals surface area (Å²) >= 11 is 3.29. The molecule has 0 fully saturated rings. The molecule has 0 bridgehead atoms. The molecule has 6 heteroatoms. The monoisotopic (exact) mass is 366 g/mol. The van der Waals surface area contributed by atoms with Crippen LogP contribution in [-0.2, 0) is 4.79 Å². The van der Waals surface area contributed by atoms with Crippen molar-refractivity contribution in [1.82, 2.24) is 9.80 Å². The van der Waals surface area contributed by atoms with Crippen LogP contribution in [0.5, 0.6) is 0 Å². The van der Waals surface area contributed by atoms with Crippen molar-refractivity contribution in [2.24, 2.45) is 0 Å². The lowest BCUT2D eigenvalue weighted by Crippen LogP contribution is -2.48. The normalized spacial score (nSPS) is 14.0. The number of halogens is 1. The summed E-state index contributed by atoms with van der Waals surface area (Å²) in [5.41, 5.74) is 0.689. The number of nitrogens with zero attached hydrogens (tertiary/aromatic N) is 2. The highest BCUT2D eigenvalue weighted by Gasteiger charge is 2.37. The number of fused-ring (bicyclic) bond motifs is 1. The van der Waals surface area contributed by atoms with Crippen LogP contribution < -0.4 is 0 Å². The second kappa shape index (κ2) is 6.20. The van der Waals surface area contributed by atoms with Gasteiger partial charge in [0.25, 0.3) is 11.8 Å². The van der Waals surface area contributed by atoms with Gasteiger partial charge in [0.05, 0.1) is 11.1 Å². The molecule has 118 valence electrons. The predicted octanol–water partition coefficient (Wildman–Crippen LogP) is 2.69. The van der Waals surface area contributed by atoms with E-state index in [2.05, 4.69) is 15.9 Å². The number of carbonyl (C=O) groups is 3. The van der Waals surface area contributed by atoms with Crippen molar-refractivity contribution in [3.8, 4) is 0 Å². The van der Waals surface area contributed by atoms with Crippen LogP contribution in [0.3, 0.4) is 0 Å². The molecular weight excluding hydrogens is 348 g/mol. The Morgan fingerprint density at radius 1 is 1.09 bits per heavy atom. The minimum Gasteiger partial charge on any atom is -0.336 e. The summed E-state index contributed by atoms with van der Waals surface area (Å²) in [6.45, 7) is 7.43. The molecule has 1 aromatic rings. The summed E-state index contributed by atoms with van der Waals surface area (Å²) in [5, 5.41) is 0. The molecule has 1 aromatic carbocycles. The minimum absolute atomic E-state index is 0.0110. The molecule has 1 aliphatic heterocycles. The summed E-state index contributed by atoms with van der Waals surface area (Å²) in [7, 11) is 0. The maximum absolute atomic E-state index is 12.5. The van der Waals surface area contributed by atoms with Crippen LogP contribution in [0.4, 0.5) is 0 Å². The number of benzene rings is 1. The number of rotatable bonds is 4. The zero-order valence-electron chi connectivity index (χ0n) is 13.1. The van der Waals surface area contributed by atoms with E-state index >= 15 is 0 Å². The van der Waals surface area contributed by atoms with Gasteiger partial charge in [0.1, 0.15) is 6.54 Å². The van der Waals surface area contributed by atoms with Gasteiger partial charge in [-0.25, -0.2) is 0 Å². The minimum atomic E-state index is -0.415. The first kappa shape index (κ1) is 16.7. The smallest absolute Gasteiger partial charge is 0.262 e. The van der Waals surface area contributed by atoms with Crippen LogP contribution in [-0.4, -0.2) is 46.1 Å². The first-order valence-corrected chi connectivity index (χ1v) is 8.00. The summed E-state index contributed by atoms with van der Waals surface area (Å²) in [6, 6.07) is 4.95. The van der Waals surface area contributed by atoms with Crippen molar-refractivity contribution >= 4 is 33.7 Å². The van der Waals surface area contributed by atoms with Crippen molar-refractivity contribution < 1.29 is 14.4 Å². The van der Waals surface area contributed by atoms with E-state index in [4.69, 9.17) is 0 Å². The molecule has 0 unspecified atom stereocenters. The SMILES string of the molecule is CC(C)N(C(=O)CN1C(=O)c2ccc(Br)cc2C1=O)C(C)C. The molecule has 2 rings (SSSR count). The highest BCUT2D eigenvalue weighted by molar-refractivity contribution is 9.10. The molecule has 0 aromatic heterocycles. The summed E-state index contributed by atoms with van der Waals surface area (Å²) < 4.78 is 0.728. The molecule has 0 atom stereocenters. The Labute approximate surface area is 138 Å². The Morgan fingerprint density at radius 3 is 2.18 bits per heavy atom. The lowest BCUT2D eigenvalue weighted by molar-refractivity contribution is -0.135. The maximum atomic E-state index is 12.5. The average Bonchev–Trinajstić information content (AvgIpc) is 2.62. The zero-order chi connectivity index (χ0) is 16.6. The van der Waals surface area contributed by atoms with Gasteiger partial charge in [-0.15, -0.1) is 0 Å². The van der Waals surface area contributed by atoms with Gasteiger partial charge in [0, 0.05) is 16.6 Å². The third-order valence-electron chi connectivity index (χ3n) is 3.63. The summed E-state index contributed by atoms with van der Waals surface area (Å²) in [4.78, 5) is 39.9. The van der Waals surface area contributed by atoms with Gasteiger partial charge in [-0.1, -0.05) is 15.9 Å². The fraction of sp³-hybridized carbons (Fsp3) is 0.438. The fourth-order valence-electron chi connectivity index (χ4n) is 2.80. The maximum Gasteiger partial charge on any atom is 0.262 e. The van der Waals surface area contributed by atoms with Crippen molar-refractivity contribution in [3.05, 3.63) is 33.8 Å². The Bertz CT molecular complexity index is 632. The molecule has 5 nitrogen and oxygen atoms in total. The van der Waals surface area contributed by atoms with Crippen molar-refractivity contribution in [1.29, 1.82) is 0 Å². The largest absolute Gasteiger partial charge is 0.336 e. The second-order valence-corrected chi connectivity index (χ2v) is 6.79. The molecule has 0 saturated heterocycles. The van der Waals surface area contributed by atoms with Gasteiger partial charge in [-0.3, -0.25) is 19.3 Å². The van der Waals surface area contributed by atoms with Crippen LogP contribution in [0, 0.1) is 0 Å². The topological polar surface area (TPSA) is 57.7 Å². The van der Waals surface area contributed by atoms with Gasteiger partial charge in [-0.2, -0.15) is 0 Å². The van der Waals surface area contributed by atoms with Crippen molar-refractivity contribution in [2.75, 3.05) is 6.54 Å². The highest BCUT2D eigenvalue weighted by Crippen LogP contribution is 2.26. The van der Waals surface area contributed by atoms with Crippen LogP contribution in [0.2, 0.25) is 0 Å². The van der Waals surface area contributed by atoms with E-state index < -0.39 is 11.8 Å². The number of hydrogen-bond acceptors (Lipinski definition) is 3. The Morgan fingerprint density at radius 2 is 1.64 bits per heavy atom. The highest BCUT2D eigenvalue weighted by atomic mass is 79.9. The number of carbonyl (C=O) groups excluding carboxylic acids is 3. The third-order valence-corrected chi connectivity index (χ3v) is 4.12. The van der Waals surface area contributed by atoms with Crippen molar-refractivity contribution in [2.45, 2.75) is 39.8 Å². The standard InChI is InChI=1S/C16H19BrN2O3/c1-9(2)19(10(3)4)14(20)8-18-15(21)12-6-5-11(17)7-13(12)16(18)22/h5-7,9-10H,8H2,1-4H3. The van der Waals surface area contributed by atoms with E-state index in [9.17, 15) is 14.4 Å². The van der Waals surface area contributed by atoms with Gasteiger partial charge in [-0.05, 0) is 45.9 Å². The summed E-state index contributed by atoms with van der Waals surface area (Å²) in [5.74, 6) is -1.05. The molecule has 22 heavy (non-hydrogen) atoms. The molecular formula is C16H19BrN2O3. The molecule has 0 aliphatic carbocycles. The van der Waals surface area contributed by atoms with Crippen LogP contribution >= 0.6 is 15.9 Å². The van der Waals surface area contributed by atoms with E-state index in [1.54, 1.807) is 23.1 Å². The van der Waals surface area contributed by atoms with Gasteiger partial charge in [0.15, 0.2) is 0 Å². The van der Waals surface area contributed by atoms with Crippen LogP contribution in [0.15, 0.2) is 22.7 Å². The Hall–Kier alpha value is -1.69. The van der Waals surface area contributed by atoms with Crippen LogP contribution in [0.25, 0.3) is 0 Å². The molecule has 0 saturated carbocycles. The molecule has 3 amide bonds. The second-order valence-electron chi connectivity index (χ2n) is 5.87. The van der Waals surface area contributed by atoms with Crippen molar-refractivity contribution in [3.63, 3.8) is 0 Å².